The highest BCUT2D eigenvalue weighted by molar-refractivity contribution is 6.16. The van der Waals surface area contributed by atoms with Gasteiger partial charge in [0.2, 0.25) is 0 Å². The summed E-state index contributed by atoms with van der Waals surface area (Å²) in [6.45, 7) is 1.74. The van der Waals surface area contributed by atoms with Crippen LogP contribution in [0.2, 0.25) is 0 Å². The van der Waals surface area contributed by atoms with E-state index in [9.17, 15) is 0 Å². The molecular weight excluding hydrogens is 150 g/mol. The van der Waals surface area contributed by atoms with Gasteiger partial charge in [-0.15, -0.1) is 11.6 Å². The van der Waals surface area contributed by atoms with E-state index >= 15 is 0 Å². The summed E-state index contributed by atoms with van der Waals surface area (Å²) in [6.07, 6.45) is 0. The van der Waals surface area contributed by atoms with Crippen molar-refractivity contribution in [1.82, 2.24) is 4.98 Å². The van der Waals surface area contributed by atoms with E-state index in [4.69, 9.17) is 16.7 Å². The summed E-state index contributed by atoms with van der Waals surface area (Å²) in [6, 6.07) is 3.30. The van der Waals surface area contributed by atoms with Crippen molar-refractivity contribution >= 4 is 11.6 Å². The highest BCUT2D eigenvalue weighted by Crippen LogP contribution is 2.13. The van der Waals surface area contributed by atoms with E-state index in [0.29, 0.717) is 11.6 Å². The topological polar surface area (TPSA) is 33.1 Å². The van der Waals surface area contributed by atoms with Crippen molar-refractivity contribution in [3.05, 3.63) is 23.5 Å². The minimum absolute atomic E-state index is 0.217. The van der Waals surface area contributed by atoms with E-state index in [1.807, 2.05) is 0 Å². The van der Waals surface area contributed by atoms with Gasteiger partial charge in [-0.1, -0.05) is 0 Å². The van der Waals surface area contributed by atoms with Gasteiger partial charge in [0.15, 0.2) is 0 Å². The summed E-state index contributed by atoms with van der Waals surface area (Å²) in [5.41, 5.74) is 1.41. The largest absolute Gasteiger partial charge is 0.506 e. The Hall–Kier alpha value is -0.760. The maximum atomic E-state index is 9.03. The first-order chi connectivity index (χ1) is 4.74. The lowest BCUT2D eigenvalue weighted by Crippen LogP contribution is -1.87. The molecule has 0 amide bonds. The summed E-state index contributed by atoms with van der Waals surface area (Å²) in [4.78, 5) is 4.01. The minimum atomic E-state index is 0.217. The molecule has 3 heteroatoms. The predicted octanol–water partition coefficient (Wildman–Crippen LogP) is 1.83. The van der Waals surface area contributed by atoms with Crippen molar-refractivity contribution in [2.75, 3.05) is 0 Å². The molecule has 0 aliphatic carbocycles. The molecule has 1 aromatic rings. The average molecular weight is 158 g/mol. The molecular formula is C7H8ClNO. The second kappa shape index (κ2) is 2.88. The van der Waals surface area contributed by atoms with Gasteiger partial charge < -0.3 is 5.11 Å². The fraction of sp³-hybridized carbons (Fsp3) is 0.286. The Bertz CT molecular complexity index is 237. The highest BCUT2D eigenvalue weighted by Gasteiger charge is 1.96. The molecule has 0 radical (unpaired) electrons. The molecule has 0 fully saturated rings. The van der Waals surface area contributed by atoms with Gasteiger partial charge in [0.25, 0.3) is 0 Å². The number of aromatic hydroxyl groups is 1. The number of halogens is 1. The first-order valence-corrected chi connectivity index (χ1v) is 3.49. The van der Waals surface area contributed by atoms with Crippen molar-refractivity contribution in [1.29, 1.82) is 0 Å². The number of aryl methyl sites for hydroxylation is 1. The van der Waals surface area contributed by atoms with Crippen LogP contribution in [0.5, 0.6) is 5.75 Å². The van der Waals surface area contributed by atoms with Crippen molar-refractivity contribution in [3.63, 3.8) is 0 Å². The van der Waals surface area contributed by atoms with Crippen molar-refractivity contribution in [2.24, 2.45) is 0 Å². The third-order valence-electron chi connectivity index (χ3n) is 1.25. The van der Waals surface area contributed by atoms with Gasteiger partial charge in [-0.25, -0.2) is 0 Å². The van der Waals surface area contributed by atoms with Crippen LogP contribution >= 0.6 is 11.6 Å². The van der Waals surface area contributed by atoms with Gasteiger partial charge in [-0.3, -0.25) is 4.98 Å². The number of hydrogen-bond acceptors (Lipinski definition) is 2. The van der Waals surface area contributed by atoms with Crippen LogP contribution in [-0.4, -0.2) is 10.1 Å². The molecule has 1 rings (SSSR count). The molecule has 1 N–H and O–H groups in total. The first kappa shape index (κ1) is 7.35. The monoisotopic (exact) mass is 157 g/mol. The molecule has 54 valence electrons. The summed E-state index contributed by atoms with van der Waals surface area (Å²) in [5.74, 6) is 0.607. The summed E-state index contributed by atoms with van der Waals surface area (Å²) >= 11 is 5.51. The van der Waals surface area contributed by atoms with Crippen LogP contribution in [0.4, 0.5) is 0 Å². The number of nitrogens with zero attached hydrogens (tertiary/aromatic N) is 1. The normalized spacial score (nSPS) is 9.80. The van der Waals surface area contributed by atoms with E-state index in [2.05, 4.69) is 4.98 Å². The molecule has 0 saturated heterocycles. The SMILES string of the molecule is Cc1nc(CCl)ccc1O. The van der Waals surface area contributed by atoms with Crippen LogP contribution in [0.15, 0.2) is 12.1 Å². The smallest absolute Gasteiger partial charge is 0.136 e. The average Bonchev–Trinajstić information content (AvgIpc) is 1.95. The Balaban J connectivity index is 3.04. The Kier molecular flexibility index (Phi) is 2.12. The molecule has 0 aliphatic rings. The maximum absolute atomic E-state index is 9.03. The lowest BCUT2D eigenvalue weighted by atomic mass is 10.3. The summed E-state index contributed by atoms with van der Waals surface area (Å²) < 4.78 is 0. The number of hydrogen-bond donors (Lipinski definition) is 1. The Morgan fingerprint density at radius 2 is 2.30 bits per heavy atom. The quantitative estimate of drug-likeness (QED) is 0.631. The van der Waals surface area contributed by atoms with Crippen LogP contribution in [0.25, 0.3) is 0 Å². The van der Waals surface area contributed by atoms with Crippen LogP contribution in [0.3, 0.4) is 0 Å². The molecule has 0 saturated carbocycles. The number of aromatic nitrogens is 1. The zero-order chi connectivity index (χ0) is 7.56. The predicted molar refractivity (Wildman–Crippen MR) is 40.2 cm³/mol. The van der Waals surface area contributed by atoms with E-state index < -0.39 is 0 Å². The highest BCUT2D eigenvalue weighted by atomic mass is 35.5. The molecule has 2 nitrogen and oxygen atoms in total. The molecule has 0 unspecified atom stereocenters. The molecule has 0 bridgehead atoms. The zero-order valence-electron chi connectivity index (χ0n) is 5.63. The lowest BCUT2D eigenvalue weighted by Gasteiger charge is -1.98. The molecule has 0 aliphatic heterocycles. The van der Waals surface area contributed by atoms with E-state index in [-0.39, 0.29) is 5.75 Å². The second-order valence-electron chi connectivity index (χ2n) is 2.04. The Labute approximate surface area is 64.5 Å². The maximum Gasteiger partial charge on any atom is 0.136 e. The summed E-state index contributed by atoms with van der Waals surface area (Å²) in [7, 11) is 0. The number of rotatable bonds is 1. The van der Waals surface area contributed by atoms with Gasteiger partial charge >= 0.3 is 0 Å². The lowest BCUT2D eigenvalue weighted by molar-refractivity contribution is 0.467. The fourth-order valence-corrected chi connectivity index (χ4v) is 0.829. The van der Waals surface area contributed by atoms with Crippen LogP contribution in [0, 0.1) is 6.92 Å². The van der Waals surface area contributed by atoms with E-state index in [1.54, 1.807) is 19.1 Å². The van der Waals surface area contributed by atoms with Crippen molar-refractivity contribution in [3.8, 4) is 5.75 Å². The molecule has 0 aromatic carbocycles. The second-order valence-corrected chi connectivity index (χ2v) is 2.31. The molecule has 0 spiro atoms. The standard InChI is InChI=1S/C7H8ClNO/c1-5-7(10)3-2-6(4-8)9-5/h2-3,10H,4H2,1H3. The third-order valence-corrected chi connectivity index (χ3v) is 1.53. The molecule has 0 atom stereocenters. The van der Waals surface area contributed by atoms with Crippen molar-refractivity contribution in [2.45, 2.75) is 12.8 Å². The van der Waals surface area contributed by atoms with Crippen molar-refractivity contribution < 1.29 is 5.11 Å². The minimum Gasteiger partial charge on any atom is -0.506 e. The Morgan fingerprint density at radius 1 is 1.60 bits per heavy atom. The van der Waals surface area contributed by atoms with Crippen LogP contribution in [0.1, 0.15) is 11.4 Å². The van der Waals surface area contributed by atoms with Gasteiger partial charge in [-0.05, 0) is 19.1 Å². The number of alkyl halides is 1. The Morgan fingerprint density at radius 3 is 2.80 bits per heavy atom. The van der Waals surface area contributed by atoms with Gasteiger partial charge in [0.05, 0.1) is 17.3 Å². The fourth-order valence-electron chi connectivity index (χ4n) is 0.680. The van der Waals surface area contributed by atoms with Crippen LogP contribution in [-0.2, 0) is 5.88 Å². The number of pyridine rings is 1. The van der Waals surface area contributed by atoms with Gasteiger partial charge in [0, 0.05) is 0 Å². The molecule has 1 aromatic heterocycles. The van der Waals surface area contributed by atoms with E-state index in [0.717, 1.165) is 5.69 Å². The van der Waals surface area contributed by atoms with Gasteiger partial charge in [0.1, 0.15) is 5.75 Å². The third kappa shape index (κ3) is 1.39. The molecule has 10 heavy (non-hydrogen) atoms. The zero-order valence-corrected chi connectivity index (χ0v) is 6.39. The first-order valence-electron chi connectivity index (χ1n) is 2.95. The molecule has 1 heterocycles. The van der Waals surface area contributed by atoms with Crippen LogP contribution < -0.4 is 0 Å². The summed E-state index contributed by atoms with van der Waals surface area (Å²) in [5, 5.41) is 9.03. The van der Waals surface area contributed by atoms with Gasteiger partial charge in [-0.2, -0.15) is 0 Å². The van der Waals surface area contributed by atoms with E-state index in [1.165, 1.54) is 0 Å².